The van der Waals surface area contributed by atoms with Crippen molar-refractivity contribution in [1.29, 1.82) is 0 Å². The van der Waals surface area contributed by atoms with Crippen molar-refractivity contribution >= 4 is 15.9 Å². The Morgan fingerprint density at radius 1 is 1.14 bits per heavy atom. The van der Waals surface area contributed by atoms with Crippen molar-refractivity contribution in [2.45, 2.75) is 19.4 Å². The van der Waals surface area contributed by atoms with Crippen LogP contribution in [0.25, 0.3) is 0 Å². The van der Waals surface area contributed by atoms with Crippen LogP contribution >= 0.6 is 15.9 Å². The number of ether oxygens (including phenoxy) is 2. The predicted octanol–water partition coefficient (Wildman–Crippen LogP) is 4.29. The highest BCUT2D eigenvalue weighted by atomic mass is 79.9. The number of hydrogen-bond donors (Lipinski definition) is 1. The second kappa shape index (κ2) is 7.48. The molecule has 0 radical (unpaired) electrons. The van der Waals surface area contributed by atoms with Gasteiger partial charge in [0.1, 0.15) is 11.5 Å². The molecule has 0 spiro atoms. The standard InChI is InChI=1S/C17H20BrNO2/c1-3-10-21-16-9-8-12(11-14(16)18)17(19)13-6-4-5-7-15(13)20-2/h4-9,11,17H,3,10,19H2,1-2H3. The van der Waals surface area contributed by atoms with E-state index in [1.807, 2.05) is 42.5 Å². The third-order valence-electron chi connectivity index (χ3n) is 3.25. The maximum atomic E-state index is 6.37. The molecule has 0 aliphatic heterocycles. The Morgan fingerprint density at radius 2 is 1.90 bits per heavy atom. The van der Waals surface area contributed by atoms with Gasteiger partial charge < -0.3 is 15.2 Å². The summed E-state index contributed by atoms with van der Waals surface area (Å²) in [6.07, 6.45) is 0.981. The second-order valence-corrected chi connectivity index (χ2v) is 5.61. The summed E-state index contributed by atoms with van der Waals surface area (Å²) in [5, 5.41) is 0. The summed E-state index contributed by atoms with van der Waals surface area (Å²) in [6, 6.07) is 13.5. The van der Waals surface area contributed by atoms with E-state index in [-0.39, 0.29) is 6.04 Å². The molecular weight excluding hydrogens is 330 g/mol. The van der Waals surface area contributed by atoms with Crippen molar-refractivity contribution in [2.75, 3.05) is 13.7 Å². The fraction of sp³-hybridized carbons (Fsp3) is 0.294. The van der Waals surface area contributed by atoms with E-state index in [0.29, 0.717) is 6.61 Å². The lowest BCUT2D eigenvalue weighted by Gasteiger charge is -2.17. The molecule has 0 bridgehead atoms. The Morgan fingerprint density at radius 3 is 2.57 bits per heavy atom. The Balaban J connectivity index is 2.27. The van der Waals surface area contributed by atoms with Gasteiger partial charge in [-0.05, 0) is 46.1 Å². The van der Waals surface area contributed by atoms with E-state index < -0.39 is 0 Å². The van der Waals surface area contributed by atoms with E-state index in [0.717, 1.165) is 33.5 Å². The summed E-state index contributed by atoms with van der Waals surface area (Å²) in [7, 11) is 1.66. The molecule has 4 heteroatoms. The first-order valence-electron chi connectivity index (χ1n) is 6.98. The van der Waals surface area contributed by atoms with E-state index >= 15 is 0 Å². The van der Waals surface area contributed by atoms with Crippen LogP contribution in [0.3, 0.4) is 0 Å². The van der Waals surface area contributed by atoms with Gasteiger partial charge in [0.25, 0.3) is 0 Å². The first-order chi connectivity index (χ1) is 10.2. The number of hydrogen-bond acceptors (Lipinski definition) is 3. The summed E-state index contributed by atoms with van der Waals surface area (Å²) in [5.74, 6) is 1.64. The zero-order chi connectivity index (χ0) is 15.2. The Hall–Kier alpha value is -1.52. The topological polar surface area (TPSA) is 44.5 Å². The highest BCUT2D eigenvalue weighted by Crippen LogP contribution is 2.32. The maximum Gasteiger partial charge on any atom is 0.133 e. The molecule has 112 valence electrons. The number of benzene rings is 2. The molecule has 0 saturated carbocycles. The number of halogens is 1. The maximum absolute atomic E-state index is 6.37. The van der Waals surface area contributed by atoms with Crippen LogP contribution in [0, 0.1) is 0 Å². The highest BCUT2D eigenvalue weighted by Gasteiger charge is 2.15. The van der Waals surface area contributed by atoms with Crippen molar-refractivity contribution in [3.05, 3.63) is 58.1 Å². The van der Waals surface area contributed by atoms with Gasteiger partial charge in [0.15, 0.2) is 0 Å². The molecule has 2 aromatic carbocycles. The fourth-order valence-corrected chi connectivity index (χ4v) is 2.65. The zero-order valence-electron chi connectivity index (χ0n) is 12.3. The molecular formula is C17H20BrNO2. The number of methoxy groups -OCH3 is 1. The minimum absolute atomic E-state index is 0.238. The molecule has 1 unspecified atom stereocenters. The summed E-state index contributed by atoms with van der Waals surface area (Å²) < 4.78 is 12.0. The van der Waals surface area contributed by atoms with E-state index in [1.54, 1.807) is 7.11 Å². The minimum atomic E-state index is -0.238. The third kappa shape index (κ3) is 3.77. The lowest BCUT2D eigenvalue weighted by molar-refractivity contribution is 0.315. The van der Waals surface area contributed by atoms with Gasteiger partial charge in [-0.3, -0.25) is 0 Å². The minimum Gasteiger partial charge on any atom is -0.496 e. The number of rotatable bonds is 6. The van der Waals surface area contributed by atoms with Gasteiger partial charge in [0.2, 0.25) is 0 Å². The fourth-order valence-electron chi connectivity index (χ4n) is 2.14. The molecule has 2 rings (SSSR count). The Bertz CT molecular complexity index is 601. The summed E-state index contributed by atoms with van der Waals surface area (Å²) >= 11 is 3.54. The third-order valence-corrected chi connectivity index (χ3v) is 3.87. The van der Waals surface area contributed by atoms with Gasteiger partial charge in [0.05, 0.1) is 24.2 Å². The van der Waals surface area contributed by atoms with Crippen LogP contribution in [0.4, 0.5) is 0 Å². The van der Waals surface area contributed by atoms with Crippen molar-refractivity contribution in [3.63, 3.8) is 0 Å². The van der Waals surface area contributed by atoms with E-state index in [1.165, 1.54) is 0 Å². The number of para-hydroxylation sites is 1. The monoisotopic (exact) mass is 349 g/mol. The molecule has 0 aliphatic rings. The first kappa shape index (κ1) is 15.9. The Labute approximate surface area is 134 Å². The first-order valence-corrected chi connectivity index (χ1v) is 7.77. The van der Waals surface area contributed by atoms with Crippen LogP contribution in [0.15, 0.2) is 46.9 Å². The number of nitrogens with two attached hydrogens (primary N) is 1. The van der Waals surface area contributed by atoms with Gasteiger partial charge in [-0.2, -0.15) is 0 Å². The molecule has 0 fully saturated rings. The molecule has 21 heavy (non-hydrogen) atoms. The lowest BCUT2D eigenvalue weighted by atomic mass is 9.99. The average Bonchev–Trinajstić information content (AvgIpc) is 2.53. The molecule has 2 aromatic rings. The van der Waals surface area contributed by atoms with Crippen LogP contribution in [-0.4, -0.2) is 13.7 Å². The van der Waals surface area contributed by atoms with E-state index in [4.69, 9.17) is 15.2 Å². The Kier molecular flexibility index (Phi) is 5.65. The van der Waals surface area contributed by atoms with Crippen LogP contribution in [0.5, 0.6) is 11.5 Å². The zero-order valence-corrected chi connectivity index (χ0v) is 13.9. The van der Waals surface area contributed by atoms with Crippen LogP contribution < -0.4 is 15.2 Å². The second-order valence-electron chi connectivity index (χ2n) is 4.76. The van der Waals surface area contributed by atoms with Gasteiger partial charge in [-0.15, -0.1) is 0 Å². The summed E-state index contributed by atoms with van der Waals surface area (Å²) in [4.78, 5) is 0. The lowest BCUT2D eigenvalue weighted by Crippen LogP contribution is -2.13. The van der Waals surface area contributed by atoms with Crippen molar-refractivity contribution in [2.24, 2.45) is 5.73 Å². The van der Waals surface area contributed by atoms with Gasteiger partial charge in [-0.1, -0.05) is 31.2 Å². The average molecular weight is 350 g/mol. The molecule has 0 amide bonds. The molecule has 0 aliphatic carbocycles. The molecule has 1 atom stereocenters. The summed E-state index contributed by atoms with van der Waals surface area (Å²) in [5.41, 5.74) is 8.35. The largest absolute Gasteiger partial charge is 0.496 e. The molecule has 0 aromatic heterocycles. The van der Waals surface area contributed by atoms with E-state index in [2.05, 4.69) is 22.9 Å². The van der Waals surface area contributed by atoms with Crippen molar-refractivity contribution in [3.8, 4) is 11.5 Å². The smallest absolute Gasteiger partial charge is 0.133 e. The summed E-state index contributed by atoms with van der Waals surface area (Å²) in [6.45, 7) is 2.79. The van der Waals surface area contributed by atoms with Crippen LogP contribution in [-0.2, 0) is 0 Å². The quantitative estimate of drug-likeness (QED) is 0.845. The van der Waals surface area contributed by atoms with Crippen molar-refractivity contribution in [1.82, 2.24) is 0 Å². The predicted molar refractivity (Wildman–Crippen MR) is 89.0 cm³/mol. The molecule has 0 saturated heterocycles. The van der Waals surface area contributed by atoms with Crippen LogP contribution in [0.1, 0.15) is 30.5 Å². The molecule has 2 N–H and O–H groups in total. The highest BCUT2D eigenvalue weighted by molar-refractivity contribution is 9.10. The van der Waals surface area contributed by atoms with Crippen molar-refractivity contribution < 1.29 is 9.47 Å². The molecule has 0 heterocycles. The normalized spacial score (nSPS) is 12.0. The van der Waals surface area contributed by atoms with Crippen LogP contribution in [0.2, 0.25) is 0 Å². The SMILES string of the molecule is CCCOc1ccc(C(N)c2ccccc2OC)cc1Br. The van der Waals surface area contributed by atoms with Gasteiger partial charge >= 0.3 is 0 Å². The van der Waals surface area contributed by atoms with E-state index in [9.17, 15) is 0 Å². The molecule has 3 nitrogen and oxygen atoms in total. The van der Waals surface area contributed by atoms with Gasteiger partial charge in [-0.25, -0.2) is 0 Å². The van der Waals surface area contributed by atoms with Gasteiger partial charge in [0, 0.05) is 5.56 Å².